The first-order valence-electron chi connectivity index (χ1n) is 10.1. The van der Waals surface area contributed by atoms with Gasteiger partial charge in [-0.25, -0.2) is 9.78 Å². The van der Waals surface area contributed by atoms with Crippen molar-refractivity contribution < 1.29 is 19.1 Å². The molecule has 0 spiro atoms. The second-order valence-electron chi connectivity index (χ2n) is 7.18. The third-order valence-electron chi connectivity index (χ3n) is 4.72. The second kappa shape index (κ2) is 10.2. The zero-order valence-electron chi connectivity index (χ0n) is 18.2. The van der Waals surface area contributed by atoms with Crippen LogP contribution in [-0.2, 0) is 27.4 Å². The van der Waals surface area contributed by atoms with Crippen LogP contribution in [0.15, 0.2) is 47.8 Å². The summed E-state index contributed by atoms with van der Waals surface area (Å²) in [6, 6.07) is 13.5. The molecule has 0 atom stereocenters. The number of benzene rings is 2. The van der Waals surface area contributed by atoms with Crippen molar-refractivity contribution in [3.05, 3.63) is 70.2 Å². The summed E-state index contributed by atoms with van der Waals surface area (Å²) < 4.78 is 10.9. The fourth-order valence-electron chi connectivity index (χ4n) is 3.20. The molecule has 1 aromatic heterocycles. The minimum atomic E-state index is -0.474. The van der Waals surface area contributed by atoms with E-state index in [0.29, 0.717) is 16.6 Å². The highest BCUT2D eigenvalue weighted by atomic mass is 32.1. The molecule has 6 nitrogen and oxygen atoms in total. The van der Waals surface area contributed by atoms with Gasteiger partial charge in [0.1, 0.15) is 12.4 Å². The highest BCUT2D eigenvalue weighted by Gasteiger charge is 2.20. The van der Waals surface area contributed by atoms with Gasteiger partial charge in [-0.05, 0) is 43.5 Å². The number of aromatic nitrogens is 1. The third kappa shape index (κ3) is 5.70. The number of nitrogens with zero attached hydrogens (tertiary/aromatic N) is 2. The van der Waals surface area contributed by atoms with E-state index < -0.39 is 5.97 Å². The van der Waals surface area contributed by atoms with Gasteiger partial charge in [-0.15, -0.1) is 11.3 Å². The number of hydrogen-bond donors (Lipinski definition) is 0. The first kappa shape index (κ1) is 22.5. The first-order chi connectivity index (χ1) is 14.9. The fourth-order valence-corrected chi connectivity index (χ4v) is 4.06. The lowest BCUT2D eigenvalue weighted by Gasteiger charge is -2.20. The number of para-hydroxylation sites is 1. The van der Waals surface area contributed by atoms with E-state index >= 15 is 0 Å². The minimum Gasteiger partial charge on any atom is -0.482 e. The van der Waals surface area contributed by atoms with Crippen molar-refractivity contribution >= 4 is 34.0 Å². The first-order valence-corrected chi connectivity index (χ1v) is 11.0. The second-order valence-corrected chi connectivity index (χ2v) is 8.01. The van der Waals surface area contributed by atoms with Crippen LogP contribution in [0.2, 0.25) is 0 Å². The number of carbonyl (C=O) groups excluding carboxylic acids is 2. The van der Waals surface area contributed by atoms with Crippen molar-refractivity contribution in [2.75, 3.05) is 11.5 Å². The van der Waals surface area contributed by atoms with Crippen LogP contribution in [0, 0.1) is 13.8 Å². The quantitative estimate of drug-likeness (QED) is 0.456. The molecule has 162 valence electrons. The summed E-state index contributed by atoms with van der Waals surface area (Å²) in [7, 11) is 0. The molecule has 0 saturated heterocycles. The Bertz CT molecular complexity index is 1080. The molecule has 0 aliphatic carbocycles. The van der Waals surface area contributed by atoms with E-state index in [0.717, 1.165) is 28.8 Å². The van der Waals surface area contributed by atoms with Crippen molar-refractivity contribution in [2.45, 2.75) is 40.7 Å². The van der Waals surface area contributed by atoms with Crippen LogP contribution < -0.4 is 9.64 Å². The summed E-state index contributed by atoms with van der Waals surface area (Å²) in [5.74, 6) is 0.0783. The van der Waals surface area contributed by atoms with E-state index in [1.807, 2.05) is 63.2 Å². The van der Waals surface area contributed by atoms with Crippen molar-refractivity contribution in [1.29, 1.82) is 0 Å². The van der Waals surface area contributed by atoms with Gasteiger partial charge in [0.15, 0.2) is 11.7 Å². The molecule has 7 heteroatoms. The number of hydrogen-bond acceptors (Lipinski definition) is 6. The fraction of sp³-hybridized carbons (Fsp3) is 0.292. The lowest BCUT2D eigenvalue weighted by atomic mass is 10.1. The average molecular weight is 439 g/mol. The van der Waals surface area contributed by atoms with Crippen molar-refractivity contribution in [1.82, 2.24) is 4.98 Å². The Labute approximate surface area is 186 Å². The van der Waals surface area contributed by atoms with Gasteiger partial charge < -0.3 is 9.47 Å². The van der Waals surface area contributed by atoms with Gasteiger partial charge in [0.05, 0.1) is 11.4 Å². The van der Waals surface area contributed by atoms with E-state index in [-0.39, 0.29) is 19.1 Å². The molecule has 0 aliphatic rings. The number of ether oxygens (including phenoxy) is 2. The molecule has 2 aromatic carbocycles. The number of esters is 1. The Morgan fingerprint density at radius 2 is 1.90 bits per heavy atom. The standard InChI is InChI=1S/C24H26N2O4S/c1-5-19-8-6-7-9-22(19)29-14-23(28)30-13-20-15-31-24(25-20)26(18(4)27)21-11-10-16(2)12-17(21)3/h6-12,15H,5,13-14H2,1-4H3. The van der Waals surface area contributed by atoms with Crippen molar-refractivity contribution in [3.8, 4) is 5.75 Å². The molecule has 0 saturated carbocycles. The topological polar surface area (TPSA) is 68.7 Å². The van der Waals surface area contributed by atoms with Gasteiger partial charge in [0, 0.05) is 12.3 Å². The lowest BCUT2D eigenvalue weighted by Crippen LogP contribution is -2.23. The summed E-state index contributed by atoms with van der Waals surface area (Å²) in [6.45, 7) is 7.36. The number of anilines is 2. The van der Waals surface area contributed by atoms with Gasteiger partial charge >= 0.3 is 5.97 Å². The summed E-state index contributed by atoms with van der Waals surface area (Å²) in [6.07, 6.45) is 0.819. The SMILES string of the molecule is CCc1ccccc1OCC(=O)OCc1csc(N(C(C)=O)c2ccc(C)cc2C)n1. The largest absolute Gasteiger partial charge is 0.482 e. The van der Waals surface area contributed by atoms with E-state index in [2.05, 4.69) is 4.98 Å². The maximum absolute atomic E-state index is 12.3. The molecule has 31 heavy (non-hydrogen) atoms. The molecule has 1 heterocycles. The number of aryl methyl sites for hydroxylation is 3. The van der Waals surface area contributed by atoms with Crippen LogP contribution in [0.4, 0.5) is 10.8 Å². The molecule has 3 aromatic rings. The zero-order valence-corrected chi connectivity index (χ0v) is 19.0. The van der Waals surface area contributed by atoms with E-state index in [1.165, 1.54) is 18.3 Å². The minimum absolute atomic E-state index is 0.0206. The molecule has 3 rings (SSSR count). The van der Waals surface area contributed by atoms with E-state index in [9.17, 15) is 9.59 Å². The number of amides is 1. The van der Waals surface area contributed by atoms with Gasteiger partial charge in [-0.3, -0.25) is 9.69 Å². The predicted molar refractivity (Wildman–Crippen MR) is 122 cm³/mol. The Balaban J connectivity index is 1.62. The summed E-state index contributed by atoms with van der Waals surface area (Å²) in [4.78, 5) is 30.5. The molecule has 0 bridgehead atoms. The molecular weight excluding hydrogens is 412 g/mol. The maximum atomic E-state index is 12.3. The Morgan fingerprint density at radius 1 is 1.13 bits per heavy atom. The predicted octanol–water partition coefficient (Wildman–Crippen LogP) is 5.13. The Morgan fingerprint density at radius 3 is 2.61 bits per heavy atom. The van der Waals surface area contributed by atoms with Crippen LogP contribution in [0.5, 0.6) is 5.75 Å². The van der Waals surface area contributed by atoms with Gasteiger partial charge in [-0.2, -0.15) is 0 Å². The molecule has 1 amide bonds. The van der Waals surface area contributed by atoms with Gasteiger partial charge in [0.25, 0.3) is 0 Å². The van der Waals surface area contributed by atoms with Crippen LogP contribution >= 0.6 is 11.3 Å². The summed E-state index contributed by atoms with van der Waals surface area (Å²) in [5.41, 5.74) is 4.52. The molecule has 0 radical (unpaired) electrons. The third-order valence-corrected chi connectivity index (χ3v) is 5.59. The van der Waals surface area contributed by atoms with E-state index in [1.54, 1.807) is 10.3 Å². The van der Waals surface area contributed by atoms with Gasteiger partial charge in [-0.1, -0.05) is 42.8 Å². The van der Waals surface area contributed by atoms with Crippen molar-refractivity contribution in [3.63, 3.8) is 0 Å². The summed E-state index contributed by atoms with van der Waals surface area (Å²) in [5, 5.41) is 2.33. The molecule has 0 fully saturated rings. The molecule has 0 unspecified atom stereocenters. The van der Waals surface area contributed by atoms with E-state index in [4.69, 9.17) is 9.47 Å². The molecular formula is C24H26N2O4S. The van der Waals surface area contributed by atoms with Gasteiger partial charge in [0.2, 0.25) is 5.91 Å². The Kier molecular flexibility index (Phi) is 7.41. The van der Waals surface area contributed by atoms with Crippen LogP contribution in [0.25, 0.3) is 0 Å². The normalized spacial score (nSPS) is 10.6. The lowest BCUT2D eigenvalue weighted by molar-refractivity contribution is -0.147. The number of thiazole rings is 1. The highest BCUT2D eigenvalue weighted by molar-refractivity contribution is 7.14. The maximum Gasteiger partial charge on any atom is 0.344 e. The highest BCUT2D eigenvalue weighted by Crippen LogP contribution is 2.31. The Hall–Kier alpha value is -3.19. The number of rotatable bonds is 8. The zero-order chi connectivity index (χ0) is 22.4. The number of carbonyl (C=O) groups is 2. The summed E-state index contributed by atoms with van der Waals surface area (Å²) >= 11 is 1.33. The smallest absolute Gasteiger partial charge is 0.344 e. The van der Waals surface area contributed by atoms with Crippen molar-refractivity contribution in [2.24, 2.45) is 0 Å². The average Bonchev–Trinajstić information content (AvgIpc) is 3.21. The van der Waals surface area contributed by atoms with Crippen LogP contribution in [-0.4, -0.2) is 23.5 Å². The van der Waals surface area contributed by atoms with Crippen LogP contribution in [0.1, 0.15) is 36.2 Å². The monoisotopic (exact) mass is 438 g/mol. The van der Waals surface area contributed by atoms with Crippen LogP contribution in [0.3, 0.4) is 0 Å². The molecule has 0 aliphatic heterocycles. The molecule has 0 N–H and O–H groups in total.